The Kier molecular flexibility index (Phi) is 4.70. The molecule has 2 amide bonds. The van der Waals surface area contributed by atoms with Crippen molar-refractivity contribution in [1.29, 1.82) is 0 Å². The maximum absolute atomic E-state index is 12.6. The highest BCUT2D eigenvalue weighted by atomic mass is 35.5. The van der Waals surface area contributed by atoms with Gasteiger partial charge < -0.3 is 4.98 Å². The molecule has 1 aliphatic rings. The molecule has 0 saturated carbocycles. The van der Waals surface area contributed by atoms with Gasteiger partial charge in [-0.05, 0) is 36.4 Å². The van der Waals surface area contributed by atoms with Crippen molar-refractivity contribution in [2.75, 3.05) is 10.7 Å². The zero-order valence-electron chi connectivity index (χ0n) is 13.8. The van der Waals surface area contributed by atoms with E-state index >= 15 is 0 Å². The number of nitrogens with one attached hydrogen (secondary N) is 1. The van der Waals surface area contributed by atoms with Crippen LogP contribution < -0.4 is 4.90 Å². The molecule has 1 fully saturated rings. The number of fused-ring (bicyclic) bond motifs is 1. The number of aromatic amines is 1. The molecule has 2 heterocycles. The molecular formula is C19H16ClN3O2S. The fraction of sp³-hybridized carbons (Fsp3) is 0.211. The molecule has 1 saturated heterocycles. The lowest BCUT2D eigenvalue weighted by Crippen LogP contribution is -2.31. The Balaban J connectivity index is 1.38. The van der Waals surface area contributed by atoms with Gasteiger partial charge in [0, 0.05) is 23.6 Å². The summed E-state index contributed by atoms with van der Waals surface area (Å²) in [5, 5.41) is 0.229. The van der Waals surface area contributed by atoms with Gasteiger partial charge in [-0.2, -0.15) is 0 Å². The molecule has 0 unspecified atom stereocenters. The number of hydrogen-bond acceptors (Lipinski definition) is 4. The lowest BCUT2D eigenvalue weighted by Gasteiger charge is -2.14. The van der Waals surface area contributed by atoms with E-state index < -0.39 is 0 Å². The maximum atomic E-state index is 12.6. The molecule has 0 radical (unpaired) electrons. The zero-order chi connectivity index (χ0) is 18.1. The van der Waals surface area contributed by atoms with E-state index in [0.29, 0.717) is 10.7 Å². The summed E-state index contributed by atoms with van der Waals surface area (Å²) < 4.78 is 0. The molecule has 132 valence electrons. The number of carbonyl (C=O) groups excluding carboxylic acids is 2. The van der Waals surface area contributed by atoms with Crippen molar-refractivity contribution in [3.05, 3.63) is 59.4 Å². The van der Waals surface area contributed by atoms with E-state index in [1.807, 2.05) is 24.3 Å². The van der Waals surface area contributed by atoms with E-state index in [9.17, 15) is 9.59 Å². The fourth-order valence-corrected chi connectivity index (χ4v) is 4.25. The molecule has 0 spiro atoms. The standard InChI is InChI=1S/C19H16ClN3O2S/c20-12-5-7-13(8-6-12)23-18(24)11-16(19(23)25)26-10-9-17-21-14-3-1-2-4-15(14)22-17/h1-8,16H,9-11H2,(H,21,22)/t16-/m1/s1. The van der Waals surface area contributed by atoms with Crippen molar-refractivity contribution in [2.45, 2.75) is 18.1 Å². The lowest BCUT2D eigenvalue weighted by atomic mass is 10.3. The van der Waals surface area contributed by atoms with Crippen LogP contribution in [0.15, 0.2) is 48.5 Å². The van der Waals surface area contributed by atoms with Crippen LogP contribution in [-0.2, 0) is 16.0 Å². The summed E-state index contributed by atoms with van der Waals surface area (Å²) in [5.41, 5.74) is 2.52. The third-order valence-corrected chi connectivity index (χ3v) is 5.75. The first kappa shape index (κ1) is 17.1. The molecule has 5 nitrogen and oxygen atoms in total. The van der Waals surface area contributed by atoms with Crippen molar-refractivity contribution >= 4 is 51.9 Å². The lowest BCUT2D eigenvalue weighted by molar-refractivity contribution is -0.121. The summed E-state index contributed by atoms with van der Waals surface area (Å²) in [6.07, 6.45) is 0.949. The number of benzene rings is 2. The normalized spacial score (nSPS) is 17.4. The summed E-state index contributed by atoms with van der Waals surface area (Å²) in [6.45, 7) is 0. The number of hydrogen-bond donors (Lipinski definition) is 1. The topological polar surface area (TPSA) is 66.1 Å². The molecule has 7 heteroatoms. The largest absolute Gasteiger partial charge is 0.342 e. The Labute approximate surface area is 159 Å². The van der Waals surface area contributed by atoms with Crippen LogP contribution in [0.4, 0.5) is 5.69 Å². The smallest absolute Gasteiger partial charge is 0.247 e. The molecule has 26 heavy (non-hydrogen) atoms. The van der Waals surface area contributed by atoms with Crippen molar-refractivity contribution in [1.82, 2.24) is 9.97 Å². The highest BCUT2D eigenvalue weighted by Crippen LogP contribution is 2.30. The van der Waals surface area contributed by atoms with E-state index in [0.717, 1.165) is 29.0 Å². The fourth-order valence-electron chi connectivity index (χ4n) is 3.02. The third kappa shape index (κ3) is 3.34. The minimum Gasteiger partial charge on any atom is -0.342 e. The first-order chi connectivity index (χ1) is 12.6. The Bertz CT molecular complexity index is 937. The van der Waals surface area contributed by atoms with Gasteiger partial charge in [0.2, 0.25) is 11.8 Å². The average molecular weight is 386 g/mol. The quantitative estimate of drug-likeness (QED) is 0.678. The SMILES string of the molecule is O=C1C[C@@H](SCCc2nc3ccccc3[nH]2)C(=O)N1c1ccc(Cl)cc1. The monoisotopic (exact) mass is 385 g/mol. The average Bonchev–Trinajstić information content (AvgIpc) is 3.17. The van der Waals surface area contributed by atoms with Crippen molar-refractivity contribution < 1.29 is 9.59 Å². The van der Waals surface area contributed by atoms with E-state index in [-0.39, 0.29) is 23.5 Å². The van der Waals surface area contributed by atoms with Crippen LogP contribution >= 0.6 is 23.4 Å². The van der Waals surface area contributed by atoms with Crippen LogP contribution in [0.25, 0.3) is 11.0 Å². The van der Waals surface area contributed by atoms with E-state index in [1.165, 1.54) is 16.7 Å². The number of carbonyl (C=O) groups is 2. The number of rotatable bonds is 5. The number of amides is 2. The predicted octanol–water partition coefficient (Wildman–Crippen LogP) is 3.82. The van der Waals surface area contributed by atoms with Crippen LogP contribution in [-0.4, -0.2) is 32.8 Å². The second-order valence-corrected chi connectivity index (χ2v) is 7.81. The summed E-state index contributed by atoms with van der Waals surface area (Å²) in [7, 11) is 0. The Morgan fingerprint density at radius 1 is 1.15 bits per heavy atom. The third-order valence-electron chi connectivity index (χ3n) is 4.29. The van der Waals surface area contributed by atoms with E-state index in [4.69, 9.17) is 11.6 Å². The van der Waals surface area contributed by atoms with Gasteiger partial charge in [-0.25, -0.2) is 9.88 Å². The molecule has 4 rings (SSSR count). The Morgan fingerprint density at radius 3 is 2.69 bits per heavy atom. The van der Waals surface area contributed by atoms with Crippen molar-refractivity contribution in [3.63, 3.8) is 0 Å². The highest BCUT2D eigenvalue weighted by molar-refractivity contribution is 8.00. The number of halogens is 1. The molecule has 0 bridgehead atoms. The van der Waals surface area contributed by atoms with E-state index in [1.54, 1.807) is 24.3 Å². The van der Waals surface area contributed by atoms with E-state index in [2.05, 4.69) is 9.97 Å². The number of imide groups is 1. The molecule has 0 aliphatic carbocycles. The van der Waals surface area contributed by atoms with Gasteiger partial charge in [-0.3, -0.25) is 9.59 Å². The van der Waals surface area contributed by atoms with Gasteiger partial charge in [0.15, 0.2) is 0 Å². The number of para-hydroxylation sites is 2. The van der Waals surface area contributed by atoms with Crippen LogP contribution in [0.2, 0.25) is 5.02 Å². The number of imidazole rings is 1. The number of aromatic nitrogens is 2. The van der Waals surface area contributed by atoms with Gasteiger partial charge in [0.05, 0.1) is 22.0 Å². The molecular weight excluding hydrogens is 370 g/mol. The van der Waals surface area contributed by atoms with Gasteiger partial charge in [-0.15, -0.1) is 11.8 Å². The number of anilines is 1. The zero-order valence-corrected chi connectivity index (χ0v) is 15.4. The Morgan fingerprint density at radius 2 is 1.92 bits per heavy atom. The number of thioether (sulfide) groups is 1. The molecule has 1 atom stereocenters. The van der Waals surface area contributed by atoms with Crippen LogP contribution in [0.1, 0.15) is 12.2 Å². The summed E-state index contributed by atoms with van der Waals surface area (Å²) in [6, 6.07) is 14.6. The second kappa shape index (κ2) is 7.13. The second-order valence-electron chi connectivity index (χ2n) is 6.06. The molecule has 1 N–H and O–H groups in total. The minimum absolute atomic E-state index is 0.160. The molecule has 1 aromatic heterocycles. The first-order valence-electron chi connectivity index (χ1n) is 8.29. The van der Waals surface area contributed by atoms with Crippen LogP contribution in [0.5, 0.6) is 0 Å². The first-order valence-corrected chi connectivity index (χ1v) is 9.72. The number of H-pyrrole nitrogens is 1. The minimum atomic E-state index is -0.345. The highest BCUT2D eigenvalue weighted by Gasteiger charge is 2.39. The molecule has 2 aromatic carbocycles. The van der Waals surface area contributed by atoms with Crippen LogP contribution in [0, 0.1) is 0 Å². The number of nitrogens with zero attached hydrogens (tertiary/aromatic N) is 2. The van der Waals surface area contributed by atoms with Crippen LogP contribution in [0.3, 0.4) is 0 Å². The van der Waals surface area contributed by atoms with Crippen molar-refractivity contribution in [2.24, 2.45) is 0 Å². The summed E-state index contributed by atoms with van der Waals surface area (Å²) >= 11 is 7.38. The Hall–Kier alpha value is -2.31. The number of aryl methyl sites for hydroxylation is 1. The van der Waals surface area contributed by atoms with Gasteiger partial charge in [0.25, 0.3) is 0 Å². The van der Waals surface area contributed by atoms with Crippen molar-refractivity contribution in [3.8, 4) is 0 Å². The predicted molar refractivity (Wildman–Crippen MR) is 105 cm³/mol. The molecule has 3 aromatic rings. The molecule has 1 aliphatic heterocycles. The van der Waals surface area contributed by atoms with Gasteiger partial charge in [-0.1, -0.05) is 23.7 Å². The maximum Gasteiger partial charge on any atom is 0.247 e. The van der Waals surface area contributed by atoms with Gasteiger partial charge >= 0.3 is 0 Å². The summed E-state index contributed by atoms with van der Waals surface area (Å²) in [4.78, 5) is 34.0. The van der Waals surface area contributed by atoms with Gasteiger partial charge in [0.1, 0.15) is 5.82 Å². The summed E-state index contributed by atoms with van der Waals surface area (Å²) in [5.74, 6) is 1.29.